The third kappa shape index (κ3) is 7.43. The smallest absolute Gasteiger partial charge is 0.321 e. The second-order valence-electron chi connectivity index (χ2n) is 6.44. The third-order valence-electron chi connectivity index (χ3n) is 2.95. The van der Waals surface area contributed by atoms with Crippen molar-refractivity contribution in [2.75, 3.05) is 13.6 Å². The highest BCUT2D eigenvalue weighted by Gasteiger charge is 2.16. The van der Waals surface area contributed by atoms with Crippen LogP contribution < -0.4 is 10.6 Å². The molecule has 0 heterocycles. The first-order valence-corrected chi connectivity index (χ1v) is 7.69. The lowest BCUT2D eigenvalue weighted by molar-refractivity contribution is -0.120. The molecular weight excluding hydrogens is 321 g/mol. The number of hydrogen-bond acceptors (Lipinski definition) is 3. The average Bonchev–Trinajstić information content (AvgIpc) is 2.38. The fraction of sp³-hybridized carbons (Fsp3) is 0.500. The number of nitrogens with one attached hydrogen (secondary N) is 2. The maximum Gasteiger partial charge on any atom is 0.321 e. The minimum atomic E-state index is -0.526. The summed E-state index contributed by atoms with van der Waals surface area (Å²) in [6.45, 7) is 6.13. The molecule has 0 aromatic heterocycles. The second kappa shape index (κ2) is 8.26. The largest absolute Gasteiger partial charge is 0.333 e. The summed E-state index contributed by atoms with van der Waals surface area (Å²) >= 11 is 5.97. The molecule has 5 nitrogen and oxygen atoms in total. The Morgan fingerprint density at radius 3 is 2.52 bits per heavy atom. The highest BCUT2D eigenvalue weighted by atomic mass is 35.5. The lowest BCUT2D eigenvalue weighted by atomic mass is 10.1. The highest BCUT2D eigenvalue weighted by Crippen LogP contribution is 2.20. The molecular formula is C16H23ClFN3O2. The van der Waals surface area contributed by atoms with Gasteiger partial charge in [0, 0.05) is 35.6 Å². The first kappa shape index (κ1) is 19.4. The van der Waals surface area contributed by atoms with Crippen molar-refractivity contribution in [1.82, 2.24) is 15.5 Å². The fourth-order valence-electron chi connectivity index (χ4n) is 1.89. The van der Waals surface area contributed by atoms with E-state index < -0.39 is 17.5 Å². The van der Waals surface area contributed by atoms with Gasteiger partial charge in [-0.25, -0.2) is 9.18 Å². The van der Waals surface area contributed by atoms with E-state index >= 15 is 0 Å². The summed E-state index contributed by atoms with van der Waals surface area (Å²) in [6, 6.07) is 3.99. The predicted molar refractivity (Wildman–Crippen MR) is 88.8 cm³/mol. The zero-order chi connectivity index (χ0) is 17.6. The molecule has 0 bridgehead atoms. The van der Waals surface area contributed by atoms with Crippen molar-refractivity contribution in [3.05, 3.63) is 34.6 Å². The van der Waals surface area contributed by atoms with Gasteiger partial charge in [-0.2, -0.15) is 0 Å². The van der Waals surface area contributed by atoms with Crippen LogP contribution in [0.2, 0.25) is 5.02 Å². The molecule has 0 aliphatic heterocycles. The molecule has 3 amide bonds. The average molecular weight is 344 g/mol. The van der Waals surface area contributed by atoms with E-state index in [1.807, 2.05) is 20.8 Å². The van der Waals surface area contributed by atoms with E-state index in [-0.39, 0.29) is 18.8 Å². The molecule has 0 spiro atoms. The number of nitrogens with zero attached hydrogens (tertiary/aromatic N) is 1. The van der Waals surface area contributed by atoms with Crippen molar-refractivity contribution in [3.8, 4) is 0 Å². The van der Waals surface area contributed by atoms with Gasteiger partial charge in [0.05, 0.1) is 0 Å². The Morgan fingerprint density at radius 2 is 1.96 bits per heavy atom. The number of rotatable bonds is 5. The van der Waals surface area contributed by atoms with Crippen LogP contribution in [-0.2, 0) is 11.3 Å². The maximum absolute atomic E-state index is 13.7. The Hall–Kier alpha value is -1.66. The second-order valence-corrected chi connectivity index (χ2v) is 6.85. The molecule has 0 unspecified atom stereocenters. The van der Waals surface area contributed by atoms with Crippen LogP contribution in [0.15, 0.2) is 18.2 Å². The lowest BCUT2D eigenvalue weighted by Gasteiger charge is -2.21. The van der Waals surface area contributed by atoms with E-state index in [9.17, 15) is 14.0 Å². The highest BCUT2D eigenvalue weighted by molar-refractivity contribution is 6.31. The first-order chi connectivity index (χ1) is 10.6. The molecule has 0 fully saturated rings. The fourth-order valence-corrected chi connectivity index (χ4v) is 2.11. The van der Waals surface area contributed by atoms with Gasteiger partial charge in [-0.3, -0.25) is 10.1 Å². The number of urea groups is 1. The summed E-state index contributed by atoms with van der Waals surface area (Å²) in [5, 5.41) is 5.26. The molecule has 23 heavy (non-hydrogen) atoms. The monoisotopic (exact) mass is 343 g/mol. The van der Waals surface area contributed by atoms with Crippen LogP contribution in [-0.4, -0.2) is 36.0 Å². The van der Waals surface area contributed by atoms with Gasteiger partial charge in [0.1, 0.15) is 5.82 Å². The number of halogens is 2. The minimum absolute atomic E-state index is 0.125. The molecule has 128 valence electrons. The normalized spacial score (nSPS) is 11.4. The zero-order valence-corrected chi connectivity index (χ0v) is 14.6. The molecule has 0 aliphatic rings. The Morgan fingerprint density at radius 1 is 1.30 bits per heavy atom. The van der Waals surface area contributed by atoms with E-state index in [2.05, 4.69) is 10.6 Å². The number of carbonyl (C=O) groups is 2. The molecule has 7 heteroatoms. The van der Waals surface area contributed by atoms with E-state index in [0.717, 1.165) is 0 Å². The van der Waals surface area contributed by atoms with E-state index in [1.165, 1.54) is 6.07 Å². The molecule has 0 aliphatic carbocycles. The molecule has 0 radical (unpaired) electrons. The van der Waals surface area contributed by atoms with Gasteiger partial charge in [0.15, 0.2) is 0 Å². The van der Waals surface area contributed by atoms with Crippen molar-refractivity contribution < 1.29 is 14.0 Å². The van der Waals surface area contributed by atoms with Crippen LogP contribution in [0.25, 0.3) is 0 Å². The van der Waals surface area contributed by atoms with Crippen LogP contribution in [0.3, 0.4) is 0 Å². The Bertz CT molecular complexity index is 553. The van der Waals surface area contributed by atoms with Crippen molar-refractivity contribution in [3.63, 3.8) is 0 Å². The quantitative estimate of drug-likeness (QED) is 0.864. The maximum atomic E-state index is 13.7. The Kier molecular flexibility index (Phi) is 6.97. The molecule has 1 aromatic rings. The number of hydrogen-bond donors (Lipinski definition) is 2. The number of carbonyl (C=O) groups excluding carboxylic acids is 2. The number of amides is 3. The zero-order valence-electron chi connectivity index (χ0n) is 13.9. The Balaban J connectivity index is 2.43. The summed E-state index contributed by atoms with van der Waals surface area (Å²) in [7, 11) is 1.76. The van der Waals surface area contributed by atoms with Gasteiger partial charge >= 0.3 is 6.03 Å². The van der Waals surface area contributed by atoms with Crippen LogP contribution in [0.4, 0.5) is 9.18 Å². The Labute approximate surface area is 141 Å². The predicted octanol–water partition coefficient (Wildman–Crippen LogP) is 2.93. The van der Waals surface area contributed by atoms with Crippen molar-refractivity contribution in [2.24, 2.45) is 0 Å². The summed E-state index contributed by atoms with van der Waals surface area (Å²) in [5.41, 5.74) is -0.0227. The van der Waals surface area contributed by atoms with Gasteiger partial charge in [-0.1, -0.05) is 17.7 Å². The van der Waals surface area contributed by atoms with Gasteiger partial charge < -0.3 is 10.2 Å². The van der Waals surface area contributed by atoms with Gasteiger partial charge in [0.25, 0.3) is 0 Å². The number of benzene rings is 1. The molecule has 1 rings (SSSR count). The van der Waals surface area contributed by atoms with Gasteiger partial charge in [0.2, 0.25) is 5.91 Å². The third-order valence-corrected chi connectivity index (χ3v) is 3.31. The first-order valence-electron chi connectivity index (χ1n) is 7.32. The lowest BCUT2D eigenvalue weighted by Crippen LogP contribution is -2.48. The molecule has 0 saturated carbocycles. The van der Waals surface area contributed by atoms with Crippen LogP contribution in [0.1, 0.15) is 32.8 Å². The van der Waals surface area contributed by atoms with Gasteiger partial charge in [-0.05, 0) is 40.0 Å². The summed E-state index contributed by atoms with van der Waals surface area (Å²) in [4.78, 5) is 25.1. The molecule has 1 aromatic carbocycles. The molecule has 2 N–H and O–H groups in total. The summed E-state index contributed by atoms with van der Waals surface area (Å²) < 4.78 is 13.7. The standard InChI is InChI=1S/C16H23ClFN3O2/c1-16(2,3)20-15(23)19-14(22)8-9-21(4)10-11-12(17)6-5-7-13(11)18/h5-7H,8-10H2,1-4H3,(H2,19,20,22,23). The molecule has 0 saturated heterocycles. The van der Waals surface area contributed by atoms with E-state index in [4.69, 9.17) is 11.6 Å². The van der Waals surface area contributed by atoms with E-state index in [1.54, 1.807) is 24.1 Å². The van der Waals surface area contributed by atoms with Crippen molar-refractivity contribution in [1.29, 1.82) is 0 Å². The van der Waals surface area contributed by atoms with E-state index in [0.29, 0.717) is 17.1 Å². The molecule has 0 atom stereocenters. The van der Waals surface area contributed by atoms with Crippen molar-refractivity contribution >= 4 is 23.5 Å². The van der Waals surface area contributed by atoms with Crippen LogP contribution >= 0.6 is 11.6 Å². The van der Waals surface area contributed by atoms with Crippen LogP contribution in [0.5, 0.6) is 0 Å². The number of imide groups is 1. The summed E-state index contributed by atoms with van der Waals surface area (Å²) in [6.07, 6.45) is 0.125. The minimum Gasteiger partial charge on any atom is -0.333 e. The van der Waals surface area contributed by atoms with Crippen LogP contribution in [0, 0.1) is 5.82 Å². The summed E-state index contributed by atoms with van der Waals surface area (Å²) in [5.74, 6) is -0.767. The van der Waals surface area contributed by atoms with Gasteiger partial charge in [-0.15, -0.1) is 0 Å². The SMILES string of the molecule is CN(CCC(=O)NC(=O)NC(C)(C)C)Cc1c(F)cccc1Cl. The topological polar surface area (TPSA) is 61.4 Å². The van der Waals surface area contributed by atoms with Crippen molar-refractivity contribution in [2.45, 2.75) is 39.3 Å².